The lowest BCUT2D eigenvalue weighted by Crippen LogP contribution is -2.23. The van der Waals surface area contributed by atoms with Crippen LogP contribution in [0.5, 0.6) is 0 Å². The number of aliphatic imine (C=N–C) groups is 1. The molecule has 1 N–H and O–H groups in total. The number of pyridine rings is 1. The Balaban J connectivity index is 1.50. The molecule has 0 saturated carbocycles. The first kappa shape index (κ1) is 27.4. The monoisotopic (exact) mass is 560 g/mol. The number of ketones is 1. The molecule has 0 radical (unpaired) electrons. The number of carbonyl (C=O) groups is 1. The summed E-state index contributed by atoms with van der Waals surface area (Å²) in [6, 6.07) is 27.5. The Morgan fingerprint density at radius 1 is 0.952 bits per heavy atom. The van der Waals surface area contributed by atoms with E-state index in [1.54, 1.807) is 24.4 Å². The van der Waals surface area contributed by atoms with Crippen molar-refractivity contribution < 1.29 is 13.9 Å². The third-order valence-electron chi connectivity index (χ3n) is 7.49. The highest BCUT2D eigenvalue weighted by atomic mass is 19.1. The highest BCUT2D eigenvalue weighted by molar-refractivity contribution is 6.10. The largest absolute Gasteiger partial charge is 0.475 e. The second kappa shape index (κ2) is 11.2. The molecule has 7 heteroatoms. The van der Waals surface area contributed by atoms with Gasteiger partial charge in [-0.1, -0.05) is 73.7 Å². The van der Waals surface area contributed by atoms with Gasteiger partial charge in [-0.05, 0) is 43.2 Å². The van der Waals surface area contributed by atoms with E-state index in [-0.39, 0.29) is 5.78 Å². The minimum atomic E-state index is -0.427. The first-order valence-electron chi connectivity index (χ1n) is 14.2. The van der Waals surface area contributed by atoms with Crippen LogP contribution in [-0.2, 0) is 17.8 Å². The summed E-state index contributed by atoms with van der Waals surface area (Å²) < 4.78 is 21.8. The van der Waals surface area contributed by atoms with E-state index in [0.717, 1.165) is 11.1 Å². The molecule has 3 aromatic carbocycles. The standard InChI is InChI=1S/C35H33FN4O2/c1-4-30(41)28-19-37-33(40(20-23-12-7-5-8-13-23)21-24-14-9-6-10-15-24)32-27(28)18-29(38-32)25-16-11-17-26(31(25)36)34-39-35(2,3)22-42-34/h5-19,38H,4,20-22H2,1-3H3. The molecule has 212 valence electrons. The van der Waals surface area contributed by atoms with Gasteiger partial charge >= 0.3 is 0 Å². The second-order valence-electron chi connectivity index (χ2n) is 11.3. The molecule has 0 spiro atoms. The van der Waals surface area contributed by atoms with Gasteiger partial charge in [0.25, 0.3) is 0 Å². The summed E-state index contributed by atoms with van der Waals surface area (Å²) in [5, 5.41) is 0.716. The van der Waals surface area contributed by atoms with Crippen LogP contribution >= 0.6 is 0 Å². The SMILES string of the molecule is CCC(=O)c1cnc(N(Cc2ccccc2)Cc2ccccc2)c2[nH]c(-c3cccc(C4=NC(C)(C)CO4)c3F)cc12. The van der Waals surface area contributed by atoms with Gasteiger partial charge in [-0.15, -0.1) is 0 Å². The number of nitrogens with zero attached hydrogens (tertiary/aromatic N) is 3. The Kier molecular flexibility index (Phi) is 7.33. The van der Waals surface area contributed by atoms with Crippen LogP contribution in [0.25, 0.3) is 22.2 Å². The fourth-order valence-corrected chi connectivity index (χ4v) is 5.34. The van der Waals surface area contributed by atoms with E-state index >= 15 is 4.39 Å². The Bertz CT molecular complexity index is 1740. The van der Waals surface area contributed by atoms with Gasteiger partial charge in [0, 0.05) is 47.9 Å². The quantitative estimate of drug-likeness (QED) is 0.187. The molecular formula is C35H33FN4O2. The van der Waals surface area contributed by atoms with Crippen molar-refractivity contribution in [2.24, 2.45) is 4.99 Å². The topological polar surface area (TPSA) is 70.6 Å². The average Bonchev–Trinajstić information content (AvgIpc) is 3.60. The van der Waals surface area contributed by atoms with Crippen LogP contribution in [0.4, 0.5) is 10.2 Å². The van der Waals surface area contributed by atoms with Gasteiger partial charge in [-0.3, -0.25) is 4.79 Å². The molecule has 0 atom stereocenters. The molecule has 1 aliphatic rings. The number of H-pyrrole nitrogens is 1. The van der Waals surface area contributed by atoms with Crippen molar-refractivity contribution in [3.05, 3.63) is 119 Å². The van der Waals surface area contributed by atoms with Crippen LogP contribution in [-0.4, -0.2) is 33.8 Å². The average molecular weight is 561 g/mol. The summed E-state index contributed by atoms with van der Waals surface area (Å²) in [5.41, 5.74) is 4.30. The zero-order valence-electron chi connectivity index (χ0n) is 24.0. The molecule has 1 aliphatic heterocycles. The first-order valence-corrected chi connectivity index (χ1v) is 14.2. The summed E-state index contributed by atoms with van der Waals surface area (Å²) in [6.07, 6.45) is 1.99. The van der Waals surface area contributed by atoms with E-state index in [2.05, 4.69) is 39.1 Å². The van der Waals surface area contributed by atoms with E-state index in [0.29, 0.717) is 71.1 Å². The Morgan fingerprint density at radius 3 is 2.19 bits per heavy atom. The fourth-order valence-electron chi connectivity index (χ4n) is 5.34. The van der Waals surface area contributed by atoms with Crippen molar-refractivity contribution in [3.63, 3.8) is 0 Å². The zero-order chi connectivity index (χ0) is 29.3. The minimum Gasteiger partial charge on any atom is -0.475 e. The summed E-state index contributed by atoms with van der Waals surface area (Å²) >= 11 is 0. The molecule has 0 amide bonds. The number of Topliss-reactive ketones (excluding diaryl/α,β-unsaturated/α-hetero) is 1. The summed E-state index contributed by atoms with van der Waals surface area (Å²) in [5.74, 6) is 0.547. The number of halogens is 1. The van der Waals surface area contributed by atoms with Crippen LogP contribution in [0, 0.1) is 5.82 Å². The normalized spacial score (nSPS) is 14.0. The molecule has 0 bridgehead atoms. The predicted molar refractivity (Wildman–Crippen MR) is 165 cm³/mol. The maximum atomic E-state index is 16.1. The number of aromatic nitrogens is 2. The van der Waals surface area contributed by atoms with Gasteiger partial charge in [0.2, 0.25) is 5.90 Å². The van der Waals surface area contributed by atoms with E-state index in [4.69, 9.17) is 9.72 Å². The number of hydrogen-bond donors (Lipinski definition) is 1. The molecule has 3 heterocycles. The van der Waals surface area contributed by atoms with Crippen LogP contribution < -0.4 is 4.90 Å². The van der Waals surface area contributed by atoms with Crippen LogP contribution in [0.15, 0.2) is 96.1 Å². The Labute approximate surface area is 244 Å². The van der Waals surface area contributed by atoms with Gasteiger partial charge in [0.15, 0.2) is 11.6 Å². The van der Waals surface area contributed by atoms with Crippen molar-refractivity contribution in [2.45, 2.75) is 45.8 Å². The highest BCUT2D eigenvalue weighted by Gasteiger charge is 2.29. The molecule has 0 fully saturated rings. The van der Waals surface area contributed by atoms with Gasteiger partial charge in [-0.2, -0.15) is 0 Å². The summed E-state index contributed by atoms with van der Waals surface area (Å²) in [7, 11) is 0. The fraction of sp³-hybridized carbons (Fsp3) is 0.229. The third kappa shape index (κ3) is 5.42. The van der Waals surface area contributed by atoms with Crippen LogP contribution in [0.3, 0.4) is 0 Å². The number of aromatic amines is 1. The maximum Gasteiger partial charge on any atom is 0.219 e. The predicted octanol–water partition coefficient (Wildman–Crippen LogP) is 7.72. The lowest BCUT2D eigenvalue weighted by molar-refractivity contribution is 0.0989. The Hall–Kier alpha value is -4.78. The van der Waals surface area contributed by atoms with Gasteiger partial charge < -0.3 is 14.6 Å². The summed E-state index contributed by atoms with van der Waals surface area (Å²) in [4.78, 5) is 28.1. The number of rotatable bonds is 9. The van der Waals surface area contributed by atoms with Crippen molar-refractivity contribution in [1.29, 1.82) is 0 Å². The van der Waals surface area contributed by atoms with E-state index in [1.165, 1.54) is 0 Å². The van der Waals surface area contributed by atoms with Gasteiger partial charge in [0.1, 0.15) is 12.4 Å². The number of ether oxygens (including phenoxy) is 1. The molecule has 2 aromatic heterocycles. The molecular weight excluding hydrogens is 527 g/mol. The van der Waals surface area contributed by atoms with Crippen LogP contribution in [0.2, 0.25) is 0 Å². The van der Waals surface area contributed by atoms with Crippen molar-refractivity contribution >= 4 is 28.4 Å². The molecule has 42 heavy (non-hydrogen) atoms. The number of fused-ring (bicyclic) bond motifs is 1. The van der Waals surface area contributed by atoms with Crippen molar-refractivity contribution in [2.75, 3.05) is 11.5 Å². The smallest absolute Gasteiger partial charge is 0.219 e. The first-order chi connectivity index (χ1) is 20.3. The molecule has 0 unspecified atom stereocenters. The number of hydrogen-bond acceptors (Lipinski definition) is 5. The van der Waals surface area contributed by atoms with Gasteiger partial charge in [0.05, 0.1) is 16.6 Å². The number of nitrogens with one attached hydrogen (secondary N) is 1. The lowest BCUT2D eigenvalue weighted by Gasteiger charge is -2.25. The molecule has 5 aromatic rings. The Morgan fingerprint density at radius 2 is 1.60 bits per heavy atom. The van der Waals surface area contributed by atoms with Gasteiger partial charge in [-0.25, -0.2) is 14.4 Å². The zero-order valence-corrected chi connectivity index (χ0v) is 24.0. The molecule has 6 nitrogen and oxygen atoms in total. The number of anilines is 1. The molecule has 0 aliphatic carbocycles. The second-order valence-corrected chi connectivity index (χ2v) is 11.3. The van der Waals surface area contributed by atoms with E-state index < -0.39 is 11.4 Å². The van der Waals surface area contributed by atoms with Crippen molar-refractivity contribution in [1.82, 2.24) is 9.97 Å². The maximum absolute atomic E-state index is 16.1. The minimum absolute atomic E-state index is 0.0209. The van der Waals surface area contributed by atoms with Crippen LogP contribution in [0.1, 0.15) is 54.2 Å². The third-order valence-corrected chi connectivity index (χ3v) is 7.49. The van der Waals surface area contributed by atoms with E-state index in [1.807, 2.05) is 63.2 Å². The van der Waals surface area contributed by atoms with E-state index in [9.17, 15) is 4.79 Å². The number of benzene rings is 3. The van der Waals surface area contributed by atoms with Crippen molar-refractivity contribution in [3.8, 4) is 11.3 Å². The highest BCUT2D eigenvalue weighted by Crippen LogP contribution is 2.35. The number of carbonyl (C=O) groups excluding carboxylic acids is 1. The summed E-state index contributed by atoms with van der Waals surface area (Å²) in [6.45, 7) is 7.34. The molecule has 0 saturated heterocycles. The molecule has 6 rings (SSSR count). The lowest BCUT2D eigenvalue weighted by atomic mass is 10.0.